The zero-order valence-electron chi connectivity index (χ0n) is 22.1. The number of benzene rings is 2. The van der Waals surface area contributed by atoms with Crippen LogP contribution in [0.25, 0.3) is 22.3 Å². The lowest BCUT2D eigenvalue weighted by Crippen LogP contribution is -2.37. The molecule has 3 heterocycles. The van der Waals surface area contributed by atoms with Crippen molar-refractivity contribution in [1.29, 1.82) is 0 Å². The molecule has 2 aromatic heterocycles. The van der Waals surface area contributed by atoms with Crippen LogP contribution in [-0.4, -0.2) is 81.3 Å². The van der Waals surface area contributed by atoms with Crippen molar-refractivity contribution >= 4 is 34.2 Å². The predicted molar refractivity (Wildman–Crippen MR) is 152 cm³/mol. The highest BCUT2D eigenvalue weighted by Crippen LogP contribution is 2.34. The Morgan fingerprint density at radius 1 is 1.05 bits per heavy atom. The van der Waals surface area contributed by atoms with E-state index in [1.165, 1.54) is 12.8 Å². The fourth-order valence-corrected chi connectivity index (χ4v) is 5.77. The summed E-state index contributed by atoms with van der Waals surface area (Å²) in [6.45, 7) is 2.75. The second kappa shape index (κ2) is 12.0. The molecule has 0 bridgehead atoms. The molecule has 4 aromatic rings. The summed E-state index contributed by atoms with van der Waals surface area (Å²) >= 11 is 1.59. The number of anilines is 2. The molecule has 0 saturated carbocycles. The lowest BCUT2D eigenvalue weighted by molar-refractivity contribution is 0.279. The Bertz CT molecular complexity index is 1360. The van der Waals surface area contributed by atoms with Gasteiger partial charge in [-0.1, -0.05) is 0 Å². The molecule has 1 unspecified atom stereocenters. The smallest absolute Gasteiger partial charge is 0.124 e. The van der Waals surface area contributed by atoms with E-state index < -0.39 is 0 Å². The van der Waals surface area contributed by atoms with Gasteiger partial charge in [-0.25, -0.2) is 4.98 Å². The van der Waals surface area contributed by atoms with Gasteiger partial charge in [0.25, 0.3) is 0 Å². The van der Waals surface area contributed by atoms with E-state index in [0.29, 0.717) is 6.04 Å². The summed E-state index contributed by atoms with van der Waals surface area (Å²) in [4.78, 5) is 14.4. The largest absolute Gasteiger partial charge is 0.497 e. The van der Waals surface area contributed by atoms with E-state index in [9.17, 15) is 5.11 Å². The summed E-state index contributed by atoms with van der Waals surface area (Å²) in [6, 6.07) is 12.6. The fourth-order valence-electron chi connectivity index (χ4n) is 5.01. The van der Waals surface area contributed by atoms with Crippen LogP contribution in [0.1, 0.15) is 12.8 Å². The standard InChI is InChI=1S/C28H34N6O3S/c1-32-17-20(15-30-32)28-16-29-26-7-6-21(13-27(26)31-28)34(23-11-24(36-2)14-25(12-23)37-3)10-9-33-8-4-5-22(33)18-38-19-35/h6-7,11-17,22,35H,4-5,8-10,18-19H2,1-3H3. The van der Waals surface area contributed by atoms with E-state index in [1.54, 1.807) is 43.1 Å². The van der Waals surface area contributed by atoms with Gasteiger partial charge in [-0.3, -0.25) is 14.6 Å². The van der Waals surface area contributed by atoms with Crippen LogP contribution in [0.3, 0.4) is 0 Å². The molecule has 10 heteroatoms. The maximum Gasteiger partial charge on any atom is 0.124 e. The number of nitrogens with zero attached hydrogens (tertiary/aromatic N) is 6. The predicted octanol–water partition coefficient (Wildman–Crippen LogP) is 4.33. The van der Waals surface area contributed by atoms with Crippen molar-refractivity contribution in [3.8, 4) is 22.8 Å². The van der Waals surface area contributed by atoms with Crippen molar-refractivity contribution in [2.75, 3.05) is 50.4 Å². The van der Waals surface area contributed by atoms with Gasteiger partial charge in [0, 0.05) is 73.3 Å². The minimum absolute atomic E-state index is 0.166. The van der Waals surface area contributed by atoms with Gasteiger partial charge in [0.15, 0.2) is 0 Å². The summed E-state index contributed by atoms with van der Waals surface area (Å²) in [7, 11) is 5.23. The Labute approximate surface area is 227 Å². The van der Waals surface area contributed by atoms with E-state index in [0.717, 1.165) is 70.6 Å². The summed E-state index contributed by atoms with van der Waals surface area (Å²) in [6.07, 6.45) is 7.89. The van der Waals surface area contributed by atoms with Crippen molar-refractivity contribution in [2.24, 2.45) is 7.05 Å². The van der Waals surface area contributed by atoms with Crippen LogP contribution < -0.4 is 14.4 Å². The first kappa shape index (κ1) is 26.3. The van der Waals surface area contributed by atoms with Crippen LogP contribution in [0.15, 0.2) is 55.0 Å². The average Bonchev–Trinajstić information content (AvgIpc) is 3.59. The average molecular weight is 535 g/mol. The number of rotatable bonds is 11. The number of likely N-dealkylation sites (tertiary alicyclic amines) is 1. The van der Waals surface area contributed by atoms with Crippen molar-refractivity contribution in [2.45, 2.75) is 18.9 Å². The van der Waals surface area contributed by atoms with Gasteiger partial charge in [0.05, 0.1) is 49.3 Å². The highest BCUT2D eigenvalue weighted by molar-refractivity contribution is 7.99. The Kier molecular flexibility index (Phi) is 8.31. The number of methoxy groups -OCH3 is 2. The number of hydrogen-bond donors (Lipinski definition) is 1. The summed E-state index contributed by atoms with van der Waals surface area (Å²) < 4.78 is 12.9. The van der Waals surface area contributed by atoms with Gasteiger partial charge in [-0.15, -0.1) is 11.8 Å². The van der Waals surface area contributed by atoms with Crippen LogP contribution in [0.5, 0.6) is 11.5 Å². The molecule has 1 atom stereocenters. The van der Waals surface area contributed by atoms with E-state index in [1.807, 2.05) is 37.5 Å². The van der Waals surface area contributed by atoms with Crippen molar-refractivity contribution in [3.63, 3.8) is 0 Å². The number of aliphatic hydroxyl groups is 1. The molecule has 1 fully saturated rings. The molecule has 1 N–H and O–H groups in total. The Balaban J connectivity index is 1.50. The second-order valence-corrected chi connectivity index (χ2v) is 10.4. The molecular weight excluding hydrogens is 500 g/mol. The van der Waals surface area contributed by atoms with Gasteiger partial charge < -0.3 is 19.5 Å². The molecule has 1 aliphatic rings. The Morgan fingerprint density at radius 3 is 2.58 bits per heavy atom. The topological polar surface area (TPSA) is 88.8 Å². The molecule has 0 spiro atoms. The summed E-state index contributed by atoms with van der Waals surface area (Å²) in [5.41, 5.74) is 5.39. The summed E-state index contributed by atoms with van der Waals surface area (Å²) in [5.74, 6) is 2.59. The number of ether oxygens (including phenoxy) is 2. The fraction of sp³-hybridized carbons (Fsp3) is 0.393. The zero-order chi connectivity index (χ0) is 26.5. The highest BCUT2D eigenvalue weighted by Gasteiger charge is 2.25. The SMILES string of the molecule is COc1cc(OC)cc(N(CCN2CCCC2CSCO)c2ccc3ncc(-c4cnn(C)c4)nc3c2)c1. The van der Waals surface area contributed by atoms with Crippen LogP contribution in [0, 0.1) is 0 Å². The lowest BCUT2D eigenvalue weighted by atomic mass is 10.2. The third-order valence-electron chi connectivity index (χ3n) is 7.00. The van der Waals surface area contributed by atoms with E-state index >= 15 is 0 Å². The first-order valence-corrected chi connectivity index (χ1v) is 13.9. The molecule has 9 nitrogen and oxygen atoms in total. The number of aromatic nitrogens is 4. The molecule has 38 heavy (non-hydrogen) atoms. The van der Waals surface area contributed by atoms with Gasteiger partial charge in [-0.05, 0) is 37.6 Å². The quantitative estimate of drug-likeness (QED) is 0.282. The van der Waals surface area contributed by atoms with Crippen LogP contribution in [-0.2, 0) is 7.05 Å². The highest BCUT2D eigenvalue weighted by atomic mass is 32.2. The van der Waals surface area contributed by atoms with Gasteiger partial charge in [-0.2, -0.15) is 5.10 Å². The molecular formula is C28H34N6O3S. The van der Waals surface area contributed by atoms with Crippen LogP contribution >= 0.6 is 11.8 Å². The molecule has 0 amide bonds. The minimum Gasteiger partial charge on any atom is -0.497 e. The first-order valence-electron chi connectivity index (χ1n) is 12.8. The van der Waals surface area contributed by atoms with Crippen molar-refractivity contribution < 1.29 is 14.6 Å². The molecule has 5 rings (SSSR count). The van der Waals surface area contributed by atoms with E-state index in [2.05, 4.69) is 32.0 Å². The van der Waals surface area contributed by atoms with Crippen LogP contribution in [0.2, 0.25) is 0 Å². The van der Waals surface area contributed by atoms with Crippen LogP contribution in [0.4, 0.5) is 11.4 Å². The summed E-state index contributed by atoms with van der Waals surface area (Å²) in [5, 5.41) is 13.6. The minimum atomic E-state index is 0.166. The molecule has 1 aliphatic heterocycles. The van der Waals surface area contributed by atoms with E-state index in [4.69, 9.17) is 14.5 Å². The van der Waals surface area contributed by atoms with Crippen molar-refractivity contribution in [3.05, 3.63) is 55.0 Å². The Hall–Kier alpha value is -3.34. The maximum absolute atomic E-state index is 9.30. The normalized spacial score (nSPS) is 15.7. The molecule has 0 radical (unpaired) electrons. The third kappa shape index (κ3) is 5.87. The lowest BCUT2D eigenvalue weighted by Gasteiger charge is -2.30. The number of fused-ring (bicyclic) bond motifs is 1. The number of hydrogen-bond acceptors (Lipinski definition) is 9. The monoisotopic (exact) mass is 534 g/mol. The number of thioether (sulfide) groups is 1. The number of aliphatic hydroxyl groups excluding tert-OH is 1. The first-order chi connectivity index (χ1) is 18.6. The third-order valence-corrected chi connectivity index (χ3v) is 7.80. The van der Waals surface area contributed by atoms with Crippen molar-refractivity contribution in [1.82, 2.24) is 24.6 Å². The maximum atomic E-state index is 9.30. The van der Waals surface area contributed by atoms with Gasteiger partial charge >= 0.3 is 0 Å². The zero-order valence-corrected chi connectivity index (χ0v) is 22.9. The Morgan fingerprint density at radius 2 is 1.87 bits per heavy atom. The van der Waals surface area contributed by atoms with E-state index in [-0.39, 0.29) is 5.94 Å². The number of aryl methyl sites for hydroxylation is 1. The molecule has 2 aromatic carbocycles. The molecule has 1 saturated heterocycles. The molecule has 0 aliphatic carbocycles. The van der Waals surface area contributed by atoms with Gasteiger partial charge in [0.2, 0.25) is 0 Å². The van der Waals surface area contributed by atoms with Gasteiger partial charge in [0.1, 0.15) is 11.5 Å². The second-order valence-electron chi connectivity index (χ2n) is 9.39. The molecule has 200 valence electrons.